The molecule has 0 spiro atoms. The zero-order valence-electron chi connectivity index (χ0n) is 10.4. The van der Waals surface area contributed by atoms with E-state index in [0.717, 1.165) is 6.54 Å². The van der Waals surface area contributed by atoms with Gasteiger partial charge in [-0.15, -0.1) is 0 Å². The molecule has 0 amide bonds. The summed E-state index contributed by atoms with van der Waals surface area (Å²) in [6.07, 6.45) is 7.21. The number of rotatable bonds is 9. The van der Waals surface area contributed by atoms with E-state index < -0.39 is 0 Å². The van der Waals surface area contributed by atoms with Gasteiger partial charge in [-0.3, -0.25) is 0 Å². The van der Waals surface area contributed by atoms with Crippen LogP contribution < -0.4 is 5.32 Å². The molecule has 0 aromatic carbocycles. The Morgan fingerprint density at radius 2 is 2.31 bits per heavy atom. The molecule has 0 aliphatic heterocycles. The summed E-state index contributed by atoms with van der Waals surface area (Å²) in [7, 11) is 0. The van der Waals surface area contributed by atoms with Crippen molar-refractivity contribution >= 4 is 23.1 Å². The molecule has 0 radical (unpaired) electrons. The van der Waals surface area contributed by atoms with Gasteiger partial charge in [-0.2, -0.15) is 23.1 Å². The lowest BCUT2D eigenvalue weighted by atomic mass is 10.1. The topological polar surface area (TPSA) is 12.0 Å². The smallest absolute Gasteiger partial charge is 0.00780 e. The predicted octanol–water partition coefficient (Wildman–Crippen LogP) is 3.80. The minimum Gasteiger partial charge on any atom is -0.314 e. The molecule has 0 bridgehead atoms. The van der Waals surface area contributed by atoms with Crippen LogP contribution in [0.2, 0.25) is 0 Å². The molecule has 1 unspecified atom stereocenters. The average Bonchev–Trinajstić information content (AvgIpc) is 2.81. The third kappa shape index (κ3) is 5.92. The molecule has 1 rings (SSSR count). The highest BCUT2D eigenvalue weighted by Crippen LogP contribution is 2.12. The first-order valence-corrected chi connectivity index (χ1v) is 8.44. The van der Waals surface area contributed by atoms with Crippen LogP contribution >= 0.6 is 23.1 Å². The molecule has 1 heterocycles. The Kier molecular flexibility index (Phi) is 7.99. The minimum atomic E-state index is 0.701. The van der Waals surface area contributed by atoms with Crippen molar-refractivity contribution in [2.45, 2.75) is 38.6 Å². The van der Waals surface area contributed by atoms with E-state index >= 15 is 0 Å². The second kappa shape index (κ2) is 9.08. The van der Waals surface area contributed by atoms with E-state index in [-0.39, 0.29) is 0 Å². The molecular weight excluding hydrogens is 234 g/mol. The summed E-state index contributed by atoms with van der Waals surface area (Å²) < 4.78 is 0. The number of hydrogen-bond acceptors (Lipinski definition) is 3. The molecule has 0 saturated carbocycles. The average molecular weight is 257 g/mol. The molecule has 1 atom stereocenters. The van der Waals surface area contributed by atoms with Crippen LogP contribution in [0.3, 0.4) is 0 Å². The highest BCUT2D eigenvalue weighted by Gasteiger charge is 2.07. The van der Waals surface area contributed by atoms with Crippen LogP contribution in [0.5, 0.6) is 0 Å². The summed E-state index contributed by atoms with van der Waals surface area (Å²) >= 11 is 3.75. The van der Waals surface area contributed by atoms with Gasteiger partial charge in [0, 0.05) is 6.04 Å². The third-order valence-corrected chi connectivity index (χ3v) is 4.09. The van der Waals surface area contributed by atoms with Crippen molar-refractivity contribution in [1.29, 1.82) is 0 Å². The summed E-state index contributed by atoms with van der Waals surface area (Å²) in [4.78, 5) is 0. The van der Waals surface area contributed by atoms with Crippen molar-refractivity contribution in [3.05, 3.63) is 22.4 Å². The van der Waals surface area contributed by atoms with Crippen molar-refractivity contribution in [3.8, 4) is 0 Å². The fraction of sp³-hybridized carbons (Fsp3) is 0.692. The Bertz CT molecular complexity index is 238. The summed E-state index contributed by atoms with van der Waals surface area (Å²) in [5, 5.41) is 8.10. The second-order valence-electron chi connectivity index (χ2n) is 4.10. The Morgan fingerprint density at radius 1 is 1.44 bits per heavy atom. The molecular formula is C13H23NS2. The lowest BCUT2D eigenvalue weighted by Crippen LogP contribution is -2.30. The van der Waals surface area contributed by atoms with Gasteiger partial charge in [-0.05, 0) is 66.6 Å². The van der Waals surface area contributed by atoms with E-state index in [1.54, 1.807) is 11.3 Å². The second-order valence-corrected chi connectivity index (χ2v) is 5.87. The number of nitrogens with one attached hydrogen (secondary N) is 1. The highest BCUT2D eigenvalue weighted by molar-refractivity contribution is 7.98. The summed E-state index contributed by atoms with van der Waals surface area (Å²) in [5.41, 5.74) is 1.50. The molecule has 0 fully saturated rings. The van der Waals surface area contributed by atoms with Gasteiger partial charge in [-0.1, -0.05) is 6.92 Å². The number of aryl methyl sites for hydroxylation is 1. The maximum absolute atomic E-state index is 3.66. The van der Waals surface area contributed by atoms with E-state index in [2.05, 4.69) is 35.3 Å². The molecule has 0 aliphatic rings. The van der Waals surface area contributed by atoms with Crippen LogP contribution in [0.25, 0.3) is 0 Å². The quantitative estimate of drug-likeness (QED) is 0.722. The summed E-state index contributed by atoms with van der Waals surface area (Å²) in [6, 6.07) is 2.95. The standard InChI is InChI=1S/C13H23NS2/c1-3-8-14-13(7-9-15-2)5-4-12-6-10-16-11-12/h6,10-11,13-14H,3-5,7-9H2,1-2H3. The van der Waals surface area contributed by atoms with E-state index in [9.17, 15) is 0 Å². The molecule has 1 aromatic rings. The molecule has 1 nitrogen and oxygen atoms in total. The van der Waals surface area contributed by atoms with Gasteiger partial charge in [0.2, 0.25) is 0 Å². The maximum atomic E-state index is 3.66. The zero-order valence-corrected chi connectivity index (χ0v) is 12.0. The van der Waals surface area contributed by atoms with Gasteiger partial charge in [-0.25, -0.2) is 0 Å². The predicted molar refractivity (Wildman–Crippen MR) is 77.7 cm³/mol. The van der Waals surface area contributed by atoms with Crippen molar-refractivity contribution in [2.75, 3.05) is 18.6 Å². The first-order chi connectivity index (χ1) is 7.86. The lowest BCUT2D eigenvalue weighted by molar-refractivity contribution is 0.471. The number of hydrogen-bond donors (Lipinski definition) is 1. The molecule has 3 heteroatoms. The Labute approximate surface area is 108 Å². The summed E-state index contributed by atoms with van der Waals surface area (Å²) in [6.45, 7) is 3.39. The van der Waals surface area contributed by atoms with Crippen LogP contribution in [-0.2, 0) is 6.42 Å². The normalized spacial score (nSPS) is 12.9. The van der Waals surface area contributed by atoms with Crippen LogP contribution in [0.1, 0.15) is 31.7 Å². The number of thioether (sulfide) groups is 1. The van der Waals surface area contributed by atoms with Crippen molar-refractivity contribution < 1.29 is 0 Å². The zero-order chi connectivity index (χ0) is 11.6. The van der Waals surface area contributed by atoms with Crippen LogP contribution in [-0.4, -0.2) is 24.6 Å². The van der Waals surface area contributed by atoms with E-state index in [1.807, 2.05) is 11.8 Å². The van der Waals surface area contributed by atoms with E-state index in [4.69, 9.17) is 0 Å². The molecule has 0 saturated heterocycles. The Balaban J connectivity index is 2.25. The Hall–Kier alpha value is 0.01000. The fourth-order valence-electron chi connectivity index (χ4n) is 1.73. The molecule has 1 N–H and O–H groups in total. The van der Waals surface area contributed by atoms with Gasteiger partial charge in [0.15, 0.2) is 0 Å². The molecule has 16 heavy (non-hydrogen) atoms. The Morgan fingerprint density at radius 3 is 2.94 bits per heavy atom. The third-order valence-electron chi connectivity index (χ3n) is 2.72. The van der Waals surface area contributed by atoms with Gasteiger partial charge in [0.05, 0.1) is 0 Å². The van der Waals surface area contributed by atoms with Gasteiger partial charge < -0.3 is 5.32 Å². The van der Waals surface area contributed by atoms with Crippen LogP contribution in [0.4, 0.5) is 0 Å². The van der Waals surface area contributed by atoms with Gasteiger partial charge in [0.1, 0.15) is 0 Å². The van der Waals surface area contributed by atoms with Crippen molar-refractivity contribution in [2.24, 2.45) is 0 Å². The largest absolute Gasteiger partial charge is 0.314 e. The van der Waals surface area contributed by atoms with Crippen molar-refractivity contribution in [1.82, 2.24) is 5.32 Å². The van der Waals surface area contributed by atoms with Crippen LogP contribution in [0, 0.1) is 0 Å². The minimum absolute atomic E-state index is 0.701. The molecule has 0 aliphatic carbocycles. The number of thiophene rings is 1. The highest BCUT2D eigenvalue weighted by atomic mass is 32.2. The van der Waals surface area contributed by atoms with Gasteiger partial charge in [0.25, 0.3) is 0 Å². The first-order valence-electron chi connectivity index (χ1n) is 6.10. The maximum Gasteiger partial charge on any atom is 0.00780 e. The van der Waals surface area contributed by atoms with Crippen LogP contribution in [0.15, 0.2) is 16.8 Å². The SMILES string of the molecule is CCCNC(CCSC)CCc1ccsc1. The molecule has 1 aromatic heterocycles. The summed E-state index contributed by atoms with van der Waals surface area (Å²) in [5.74, 6) is 1.27. The first kappa shape index (κ1) is 14.1. The molecule has 92 valence electrons. The van der Waals surface area contributed by atoms with Gasteiger partial charge >= 0.3 is 0 Å². The lowest BCUT2D eigenvalue weighted by Gasteiger charge is -2.17. The van der Waals surface area contributed by atoms with E-state index in [0.29, 0.717) is 6.04 Å². The van der Waals surface area contributed by atoms with Crippen molar-refractivity contribution in [3.63, 3.8) is 0 Å². The monoisotopic (exact) mass is 257 g/mol. The van der Waals surface area contributed by atoms with E-state index in [1.165, 1.54) is 37.0 Å². The fourth-order valence-corrected chi connectivity index (χ4v) is 2.96.